The Kier molecular flexibility index (Phi) is 3.93. The van der Waals surface area contributed by atoms with E-state index in [1.54, 1.807) is 18.2 Å². The van der Waals surface area contributed by atoms with E-state index >= 15 is 0 Å². The largest absolute Gasteiger partial charge is 0.504 e. The first kappa shape index (κ1) is 14.7. The normalized spacial score (nSPS) is 19.2. The van der Waals surface area contributed by atoms with E-state index in [9.17, 15) is 9.90 Å². The van der Waals surface area contributed by atoms with Crippen LogP contribution in [0.25, 0.3) is 0 Å². The van der Waals surface area contributed by atoms with Crippen LogP contribution in [0.2, 0.25) is 0 Å². The molecule has 4 nitrogen and oxygen atoms in total. The van der Waals surface area contributed by atoms with Crippen LogP contribution < -0.4 is 4.74 Å². The maximum Gasteiger partial charge on any atom is 0.257 e. The number of carbonyl (C=O) groups excluding carboxylic acids is 1. The van der Waals surface area contributed by atoms with Gasteiger partial charge < -0.3 is 14.7 Å². The Bertz CT molecular complexity index is 505. The molecule has 0 saturated carbocycles. The lowest BCUT2D eigenvalue weighted by molar-refractivity contribution is 0.0773. The third kappa shape index (κ3) is 2.74. The van der Waals surface area contributed by atoms with Crippen molar-refractivity contribution in [2.24, 2.45) is 11.3 Å². The number of ether oxygens (including phenoxy) is 1. The van der Waals surface area contributed by atoms with E-state index in [1.807, 2.05) is 4.90 Å². The van der Waals surface area contributed by atoms with Crippen molar-refractivity contribution in [2.75, 3.05) is 20.2 Å². The number of nitrogens with zero attached hydrogens (tertiary/aromatic N) is 1. The molecule has 0 bridgehead atoms. The summed E-state index contributed by atoms with van der Waals surface area (Å²) in [4.78, 5) is 14.3. The van der Waals surface area contributed by atoms with Crippen LogP contribution in [0, 0.1) is 11.3 Å². The number of phenolic OH excluding ortho intramolecular Hbond substituents is 1. The van der Waals surface area contributed by atoms with Gasteiger partial charge >= 0.3 is 0 Å². The molecule has 1 unspecified atom stereocenters. The lowest BCUT2D eigenvalue weighted by Gasteiger charge is -2.27. The number of methoxy groups -OCH3 is 1. The highest BCUT2D eigenvalue weighted by atomic mass is 16.5. The monoisotopic (exact) mass is 277 g/mol. The molecule has 1 heterocycles. The van der Waals surface area contributed by atoms with Crippen molar-refractivity contribution in [1.29, 1.82) is 0 Å². The number of amides is 1. The van der Waals surface area contributed by atoms with E-state index in [-0.39, 0.29) is 17.1 Å². The molecular weight excluding hydrogens is 254 g/mol. The van der Waals surface area contributed by atoms with E-state index in [4.69, 9.17) is 4.74 Å². The molecule has 1 aromatic rings. The summed E-state index contributed by atoms with van der Waals surface area (Å²) in [6, 6.07) is 5.02. The molecule has 1 N–H and O–H groups in total. The van der Waals surface area contributed by atoms with E-state index in [0.29, 0.717) is 17.2 Å². The topological polar surface area (TPSA) is 49.8 Å². The average molecular weight is 277 g/mol. The van der Waals surface area contributed by atoms with Gasteiger partial charge in [-0.25, -0.2) is 0 Å². The maximum atomic E-state index is 12.5. The van der Waals surface area contributed by atoms with Crippen LogP contribution in [0.5, 0.6) is 11.5 Å². The second kappa shape index (κ2) is 5.35. The molecule has 0 radical (unpaired) electrons. The average Bonchev–Trinajstić information content (AvgIpc) is 2.87. The van der Waals surface area contributed by atoms with Crippen LogP contribution in [0.15, 0.2) is 18.2 Å². The fraction of sp³-hybridized carbons (Fsp3) is 0.562. The minimum Gasteiger partial charge on any atom is -0.504 e. The Morgan fingerprint density at radius 3 is 2.65 bits per heavy atom. The summed E-state index contributed by atoms with van der Waals surface area (Å²) in [6.07, 6.45) is 1.01. The van der Waals surface area contributed by atoms with Crippen molar-refractivity contribution in [3.63, 3.8) is 0 Å². The van der Waals surface area contributed by atoms with Crippen molar-refractivity contribution in [3.05, 3.63) is 23.8 Å². The Morgan fingerprint density at radius 1 is 1.40 bits per heavy atom. The zero-order valence-corrected chi connectivity index (χ0v) is 12.6. The number of likely N-dealkylation sites (tertiary alicyclic amines) is 1. The van der Waals surface area contributed by atoms with Gasteiger partial charge in [-0.1, -0.05) is 26.8 Å². The van der Waals surface area contributed by atoms with Crippen LogP contribution in [0.4, 0.5) is 0 Å². The summed E-state index contributed by atoms with van der Waals surface area (Å²) >= 11 is 0. The van der Waals surface area contributed by atoms with Crippen molar-refractivity contribution in [3.8, 4) is 11.5 Å². The van der Waals surface area contributed by atoms with E-state index in [2.05, 4.69) is 20.8 Å². The van der Waals surface area contributed by atoms with Gasteiger partial charge in [-0.15, -0.1) is 0 Å². The molecule has 1 amide bonds. The molecule has 4 heteroatoms. The molecule has 0 aliphatic carbocycles. The standard InChI is InChI=1S/C16H23NO3/c1-16(2,3)11-8-9-17(10-11)15(19)12-6-5-7-13(20-4)14(12)18/h5-7,11,18H,8-10H2,1-4H3. The maximum absolute atomic E-state index is 12.5. The second-order valence-electron chi connectivity index (χ2n) is 6.46. The molecule has 1 aromatic carbocycles. The number of aromatic hydroxyl groups is 1. The van der Waals surface area contributed by atoms with Gasteiger partial charge in [-0.2, -0.15) is 0 Å². The van der Waals surface area contributed by atoms with Crippen molar-refractivity contribution in [1.82, 2.24) is 4.90 Å². The summed E-state index contributed by atoms with van der Waals surface area (Å²) in [5.74, 6) is 0.647. The predicted octanol–water partition coefficient (Wildman–Crippen LogP) is 2.91. The summed E-state index contributed by atoms with van der Waals surface area (Å²) < 4.78 is 5.05. The Balaban J connectivity index is 2.18. The van der Waals surface area contributed by atoms with Gasteiger partial charge in [0.15, 0.2) is 11.5 Å². The van der Waals surface area contributed by atoms with Crippen LogP contribution in [-0.4, -0.2) is 36.1 Å². The molecule has 1 atom stereocenters. The van der Waals surface area contributed by atoms with Crippen LogP contribution in [-0.2, 0) is 0 Å². The summed E-state index contributed by atoms with van der Waals surface area (Å²) in [5, 5.41) is 10.1. The Morgan fingerprint density at radius 2 is 2.10 bits per heavy atom. The summed E-state index contributed by atoms with van der Waals surface area (Å²) in [5.41, 5.74) is 0.518. The van der Waals surface area contributed by atoms with Gasteiger partial charge in [0, 0.05) is 13.1 Å². The molecule has 0 aromatic heterocycles. The van der Waals surface area contributed by atoms with Gasteiger partial charge in [0.25, 0.3) is 5.91 Å². The highest BCUT2D eigenvalue weighted by Crippen LogP contribution is 2.36. The predicted molar refractivity (Wildman–Crippen MR) is 78.1 cm³/mol. The Labute approximate surface area is 120 Å². The smallest absolute Gasteiger partial charge is 0.257 e. The fourth-order valence-corrected chi connectivity index (χ4v) is 2.68. The molecule has 1 saturated heterocycles. The van der Waals surface area contributed by atoms with Crippen LogP contribution >= 0.6 is 0 Å². The van der Waals surface area contributed by atoms with E-state index in [1.165, 1.54) is 7.11 Å². The lowest BCUT2D eigenvalue weighted by Crippen LogP contribution is -2.31. The van der Waals surface area contributed by atoms with Gasteiger partial charge in [0.05, 0.1) is 12.7 Å². The third-order valence-electron chi connectivity index (χ3n) is 4.15. The van der Waals surface area contributed by atoms with Gasteiger partial charge in [-0.05, 0) is 29.9 Å². The molecule has 2 rings (SSSR count). The third-order valence-corrected chi connectivity index (χ3v) is 4.15. The molecule has 1 fully saturated rings. The number of para-hydroxylation sites is 1. The first-order valence-electron chi connectivity index (χ1n) is 7.00. The molecule has 20 heavy (non-hydrogen) atoms. The van der Waals surface area contributed by atoms with Crippen molar-refractivity contribution >= 4 is 5.91 Å². The highest BCUT2D eigenvalue weighted by molar-refractivity contribution is 5.97. The first-order valence-corrected chi connectivity index (χ1v) is 7.00. The van der Waals surface area contributed by atoms with E-state index < -0.39 is 0 Å². The molecule has 0 spiro atoms. The minimum absolute atomic E-state index is 0.0702. The lowest BCUT2D eigenvalue weighted by atomic mass is 9.80. The number of carbonyl (C=O) groups is 1. The SMILES string of the molecule is COc1cccc(C(=O)N2CCC(C(C)(C)C)C2)c1O. The number of hydrogen-bond donors (Lipinski definition) is 1. The summed E-state index contributed by atoms with van der Waals surface area (Å²) in [6.45, 7) is 8.11. The number of hydrogen-bond acceptors (Lipinski definition) is 3. The summed E-state index contributed by atoms with van der Waals surface area (Å²) in [7, 11) is 1.48. The molecule has 1 aliphatic rings. The zero-order valence-electron chi connectivity index (χ0n) is 12.6. The molecular formula is C16H23NO3. The number of benzene rings is 1. The fourth-order valence-electron chi connectivity index (χ4n) is 2.68. The minimum atomic E-state index is -0.117. The number of phenols is 1. The molecule has 1 aliphatic heterocycles. The highest BCUT2D eigenvalue weighted by Gasteiger charge is 2.34. The quantitative estimate of drug-likeness (QED) is 0.904. The first-order chi connectivity index (χ1) is 9.34. The van der Waals surface area contributed by atoms with Crippen molar-refractivity contribution in [2.45, 2.75) is 27.2 Å². The van der Waals surface area contributed by atoms with E-state index in [0.717, 1.165) is 19.5 Å². The van der Waals surface area contributed by atoms with Crippen LogP contribution in [0.3, 0.4) is 0 Å². The second-order valence-corrected chi connectivity index (χ2v) is 6.46. The van der Waals surface area contributed by atoms with Gasteiger partial charge in [0.1, 0.15) is 0 Å². The van der Waals surface area contributed by atoms with Gasteiger partial charge in [0.2, 0.25) is 0 Å². The Hall–Kier alpha value is -1.71. The van der Waals surface area contributed by atoms with Crippen molar-refractivity contribution < 1.29 is 14.6 Å². The van der Waals surface area contributed by atoms with Crippen LogP contribution in [0.1, 0.15) is 37.6 Å². The number of rotatable bonds is 2. The molecule has 110 valence electrons. The van der Waals surface area contributed by atoms with Gasteiger partial charge in [-0.3, -0.25) is 4.79 Å². The zero-order chi connectivity index (χ0) is 14.9.